The third-order valence-corrected chi connectivity index (χ3v) is 5.97. The summed E-state index contributed by atoms with van der Waals surface area (Å²) in [7, 11) is 3.25. The Balaban J connectivity index is 1.62. The Hall–Kier alpha value is -3.50. The van der Waals surface area contributed by atoms with Gasteiger partial charge in [0.15, 0.2) is 0 Å². The van der Waals surface area contributed by atoms with Crippen LogP contribution in [0.4, 0.5) is 0 Å². The third-order valence-electron chi connectivity index (χ3n) is 5.97. The molecule has 0 aliphatic rings. The minimum absolute atomic E-state index is 0.513. The Labute approximate surface area is 198 Å². The number of aromatic amines is 1. The Morgan fingerprint density at radius 2 is 1.82 bits per heavy atom. The molecule has 0 amide bonds. The van der Waals surface area contributed by atoms with Crippen molar-refractivity contribution in [2.45, 2.75) is 51.9 Å². The maximum absolute atomic E-state index is 5.67. The second-order valence-electron chi connectivity index (χ2n) is 7.98. The number of H-pyrrole nitrogens is 1. The molecule has 0 aliphatic heterocycles. The molecule has 0 saturated heterocycles. The molecule has 0 fully saturated rings. The van der Waals surface area contributed by atoms with E-state index in [2.05, 4.69) is 56.8 Å². The highest BCUT2D eigenvalue weighted by Gasteiger charge is 2.35. The number of nitrogens with zero attached hydrogens (tertiary/aromatic N) is 7. The predicted octanol–water partition coefficient (Wildman–Crippen LogP) is 3.77. The average Bonchev–Trinajstić information content (AvgIpc) is 3.56. The van der Waals surface area contributed by atoms with Crippen LogP contribution in [-0.4, -0.2) is 54.6 Å². The molecule has 3 aromatic heterocycles. The number of tetrazole rings is 1. The molecule has 0 radical (unpaired) electrons. The molecular formula is C24H30N8O2. The van der Waals surface area contributed by atoms with Crippen molar-refractivity contribution >= 4 is 0 Å². The van der Waals surface area contributed by atoms with Crippen LogP contribution in [0.15, 0.2) is 42.7 Å². The summed E-state index contributed by atoms with van der Waals surface area (Å²) in [4.78, 5) is 9.02. The van der Waals surface area contributed by atoms with Crippen molar-refractivity contribution in [2.24, 2.45) is 0 Å². The monoisotopic (exact) mass is 462 g/mol. The molecule has 3 heterocycles. The largest absolute Gasteiger partial charge is 0.347 e. The highest BCUT2D eigenvalue weighted by Crippen LogP contribution is 2.30. The van der Waals surface area contributed by atoms with Crippen LogP contribution >= 0.6 is 0 Å². The molecule has 0 atom stereocenters. The second kappa shape index (κ2) is 10.6. The summed E-state index contributed by atoms with van der Waals surface area (Å²) >= 11 is 0. The van der Waals surface area contributed by atoms with Crippen LogP contribution < -0.4 is 0 Å². The van der Waals surface area contributed by atoms with Crippen LogP contribution in [0.1, 0.15) is 50.3 Å². The predicted molar refractivity (Wildman–Crippen MR) is 127 cm³/mol. The molecule has 1 aromatic carbocycles. The van der Waals surface area contributed by atoms with Crippen LogP contribution in [0, 0.1) is 0 Å². The number of ether oxygens (including phenoxy) is 2. The van der Waals surface area contributed by atoms with E-state index in [0.717, 1.165) is 47.3 Å². The van der Waals surface area contributed by atoms with Crippen molar-refractivity contribution in [3.63, 3.8) is 0 Å². The van der Waals surface area contributed by atoms with E-state index < -0.39 is 5.79 Å². The van der Waals surface area contributed by atoms with Gasteiger partial charge in [-0.1, -0.05) is 44.5 Å². The van der Waals surface area contributed by atoms with E-state index in [-0.39, 0.29) is 0 Å². The summed E-state index contributed by atoms with van der Waals surface area (Å²) < 4.78 is 13.3. The second-order valence-corrected chi connectivity index (χ2v) is 7.98. The van der Waals surface area contributed by atoms with E-state index in [1.165, 1.54) is 0 Å². The first-order valence-corrected chi connectivity index (χ1v) is 11.5. The summed E-state index contributed by atoms with van der Waals surface area (Å²) in [5.74, 6) is 1.06. The van der Waals surface area contributed by atoms with E-state index in [4.69, 9.17) is 19.6 Å². The summed E-state index contributed by atoms with van der Waals surface area (Å²) in [6, 6.07) is 10.3. The molecular weight excluding hydrogens is 432 g/mol. The zero-order valence-electron chi connectivity index (χ0n) is 20.0. The van der Waals surface area contributed by atoms with Crippen LogP contribution in [0.3, 0.4) is 0 Å². The SMILES string of the molecule is CCCCc1nc(C(CC)(OC)OC)nn1Cc1ccc(-c2ccncc2-c2nn[nH]n2)cc1. The topological polar surface area (TPSA) is 117 Å². The fourth-order valence-electron chi connectivity index (χ4n) is 3.96. The molecule has 1 N–H and O–H groups in total. The Kier molecular flexibility index (Phi) is 7.39. The molecule has 0 unspecified atom stereocenters. The number of hydrogen-bond donors (Lipinski definition) is 1. The standard InChI is InChI=1S/C24H30N8O2/c1-5-7-8-21-26-23(24(6-2,33-3)34-4)29-32(21)16-17-9-11-18(12-10-17)19-13-14-25-15-20(19)22-27-30-31-28-22/h9-15H,5-8,16H2,1-4H3,(H,27,28,30,31). The zero-order chi connectivity index (χ0) is 24.0. The summed E-state index contributed by atoms with van der Waals surface area (Å²) in [5, 5.41) is 19.1. The van der Waals surface area contributed by atoms with Gasteiger partial charge in [-0.05, 0) is 34.4 Å². The van der Waals surface area contributed by atoms with Crippen molar-refractivity contribution in [3.05, 3.63) is 59.9 Å². The van der Waals surface area contributed by atoms with Crippen molar-refractivity contribution in [2.75, 3.05) is 14.2 Å². The highest BCUT2D eigenvalue weighted by atomic mass is 16.7. The lowest BCUT2D eigenvalue weighted by Gasteiger charge is -2.26. The fourth-order valence-corrected chi connectivity index (χ4v) is 3.96. The van der Waals surface area contributed by atoms with Gasteiger partial charge < -0.3 is 9.47 Å². The van der Waals surface area contributed by atoms with Gasteiger partial charge in [0.2, 0.25) is 17.4 Å². The van der Waals surface area contributed by atoms with Crippen LogP contribution in [-0.2, 0) is 28.2 Å². The van der Waals surface area contributed by atoms with E-state index in [9.17, 15) is 0 Å². The van der Waals surface area contributed by atoms with E-state index in [1.54, 1.807) is 26.6 Å². The number of methoxy groups -OCH3 is 2. The van der Waals surface area contributed by atoms with Crippen molar-refractivity contribution in [3.8, 4) is 22.5 Å². The quantitative estimate of drug-likeness (QED) is 0.335. The average molecular weight is 463 g/mol. The molecule has 4 aromatic rings. The van der Waals surface area contributed by atoms with Gasteiger partial charge in [-0.15, -0.1) is 15.3 Å². The number of benzene rings is 1. The van der Waals surface area contributed by atoms with Gasteiger partial charge in [0, 0.05) is 45.0 Å². The van der Waals surface area contributed by atoms with E-state index in [1.807, 2.05) is 17.7 Å². The smallest absolute Gasteiger partial charge is 0.231 e. The van der Waals surface area contributed by atoms with Gasteiger partial charge in [-0.3, -0.25) is 4.98 Å². The number of pyridine rings is 1. The van der Waals surface area contributed by atoms with Gasteiger partial charge in [0.1, 0.15) is 5.82 Å². The number of aryl methyl sites for hydroxylation is 1. The first-order chi connectivity index (χ1) is 16.6. The van der Waals surface area contributed by atoms with Gasteiger partial charge >= 0.3 is 0 Å². The summed E-state index contributed by atoms with van der Waals surface area (Å²) in [6.45, 7) is 4.77. The molecule has 34 heavy (non-hydrogen) atoms. The van der Waals surface area contributed by atoms with E-state index in [0.29, 0.717) is 24.6 Å². The molecule has 4 rings (SSSR count). The first-order valence-electron chi connectivity index (χ1n) is 11.5. The number of hydrogen-bond acceptors (Lipinski definition) is 8. The molecule has 0 bridgehead atoms. The van der Waals surface area contributed by atoms with Gasteiger partial charge in [0.05, 0.1) is 6.54 Å². The number of nitrogens with one attached hydrogen (secondary N) is 1. The molecule has 0 aliphatic carbocycles. The number of aromatic nitrogens is 8. The van der Waals surface area contributed by atoms with Gasteiger partial charge in [-0.2, -0.15) is 5.21 Å². The molecule has 178 valence electrons. The fraction of sp³-hybridized carbons (Fsp3) is 0.417. The maximum atomic E-state index is 5.67. The van der Waals surface area contributed by atoms with Gasteiger partial charge in [0.25, 0.3) is 0 Å². The number of rotatable bonds is 11. The third kappa shape index (κ3) is 4.73. The number of unbranched alkanes of at least 4 members (excludes halogenated alkanes) is 1. The van der Waals surface area contributed by atoms with Crippen molar-refractivity contribution < 1.29 is 9.47 Å². The summed E-state index contributed by atoms with van der Waals surface area (Å²) in [5.41, 5.74) is 3.97. The molecule has 0 spiro atoms. The van der Waals surface area contributed by atoms with Crippen LogP contribution in [0.2, 0.25) is 0 Å². The van der Waals surface area contributed by atoms with Gasteiger partial charge in [-0.25, -0.2) is 9.67 Å². The molecule has 10 heteroatoms. The lowest BCUT2D eigenvalue weighted by atomic mass is 10.00. The Morgan fingerprint density at radius 1 is 1.03 bits per heavy atom. The normalized spacial score (nSPS) is 11.8. The molecule has 10 nitrogen and oxygen atoms in total. The van der Waals surface area contributed by atoms with Crippen molar-refractivity contribution in [1.29, 1.82) is 0 Å². The highest BCUT2D eigenvalue weighted by molar-refractivity contribution is 5.79. The first kappa shape index (κ1) is 23.7. The minimum atomic E-state index is -0.941. The minimum Gasteiger partial charge on any atom is -0.347 e. The summed E-state index contributed by atoms with van der Waals surface area (Å²) in [6.07, 6.45) is 7.09. The Morgan fingerprint density at radius 3 is 2.47 bits per heavy atom. The Bertz CT molecular complexity index is 1180. The van der Waals surface area contributed by atoms with Crippen molar-refractivity contribution in [1.82, 2.24) is 40.4 Å². The maximum Gasteiger partial charge on any atom is 0.231 e. The van der Waals surface area contributed by atoms with Crippen LogP contribution in [0.25, 0.3) is 22.5 Å². The van der Waals surface area contributed by atoms with E-state index >= 15 is 0 Å². The lowest BCUT2D eigenvalue weighted by molar-refractivity contribution is -0.222. The van der Waals surface area contributed by atoms with Crippen LogP contribution in [0.5, 0.6) is 0 Å². The zero-order valence-corrected chi connectivity index (χ0v) is 20.0. The molecule has 0 saturated carbocycles. The lowest BCUT2D eigenvalue weighted by Crippen LogP contribution is -2.31.